The zero-order valence-electron chi connectivity index (χ0n) is 8.38. The molecule has 0 saturated heterocycles. The predicted octanol–water partition coefficient (Wildman–Crippen LogP) is 3.15. The van der Waals surface area contributed by atoms with E-state index in [2.05, 4.69) is 25.7 Å². The van der Waals surface area contributed by atoms with Crippen molar-refractivity contribution in [3.63, 3.8) is 0 Å². The van der Waals surface area contributed by atoms with Crippen LogP contribution in [0.4, 0.5) is 0 Å². The predicted molar refractivity (Wildman–Crippen MR) is 58.1 cm³/mol. The summed E-state index contributed by atoms with van der Waals surface area (Å²) in [6, 6.07) is 0. The molecule has 1 nitrogen and oxygen atoms in total. The van der Waals surface area contributed by atoms with Gasteiger partial charge in [0.15, 0.2) is 0 Å². The van der Waals surface area contributed by atoms with E-state index in [0.29, 0.717) is 5.92 Å². The number of hydrogen-bond acceptors (Lipinski definition) is 1. The summed E-state index contributed by atoms with van der Waals surface area (Å²) >= 11 is 0. The molecule has 13 heavy (non-hydrogen) atoms. The average Bonchev–Trinajstić information content (AvgIpc) is 2.04. The quantitative estimate of drug-likeness (QED) is 0.679. The Morgan fingerprint density at radius 1 is 1.38 bits per heavy atom. The summed E-state index contributed by atoms with van der Waals surface area (Å²) in [6.45, 7) is 8.45. The molecule has 0 aliphatic carbocycles. The van der Waals surface area contributed by atoms with Crippen molar-refractivity contribution in [1.29, 1.82) is 0 Å². The van der Waals surface area contributed by atoms with Crippen LogP contribution in [0.15, 0.2) is 48.4 Å². The third-order valence-corrected chi connectivity index (χ3v) is 1.90. The Bertz CT molecular complexity index is 267. The molecule has 1 N–H and O–H groups in total. The van der Waals surface area contributed by atoms with Crippen molar-refractivity contribution in [3.05, 3.63) is 48.4 Å². The van der Waals surface area contributed by atoms with Crippen LogP contribution in [0.1, 0.15) is 20.3 Å². The second-order valence-corrected chi connectivity index (χ2v) is 3.68. The summed E-state index contributed by atoms with van der Waals surface area (Å²) < 4.78 is 0. The molecule has 1 rings (SSSR count). The minimum atomic E-state index is 0.668. The third kappa shape index (κ3) is 3.32. The van der Waals surface area contributed by atoms with Crippen molar-refractivity contribution in [2.75, 3.05) is 0 Å². The summed E-state index contributed by atoms with van der Waals surface area (Å²) in [5.74, 6) is 0.668. The summed E-state index contributed by atoms with van der Waals surface area (Å²) in [4.78, 5) is 0. The van der Waals surface area contributed by atoms with Gasteiger partial charge >= 0.3 is 0 Å². The average molecular weight is 175 g/mol. The molecule has 0 aromatic carbocycles. The molecule has 1 heteroatoms. The second-order valence-electron chi connectivity index (χ2n) is 3.68. The summed E-state index contributed by atoms with van der Waals surface area (Å²) in [7, 11) is 0. The molecule has 1 aliphatic heterocycles. The standard InChI is InChI=1S/C12H17N/c1-10(2)8-12-9-13-7-5-4-6-11(12)3/h4-7,9-10,13H,3,8H2,1-2H3/b6-4-,7-5-,12-9-. The van der Waals surface area contributed by atoms with Crippen molar-refractivity contribution in [2.45, 2.75) is 20.3 Å². The van der Waals surface area contributed by atoms with Crippen molar-refractivity contribution in [2.24, 2.45) is 5.92 Å². The highest BCUT2D eigenvalue weighted by Gasteiger charge is 2.03. The van der Waals surface area contributed by atoms with Crippen LogP contribution in [0.25, 0.3) is 0 Å². The SMILES string of the molecule is C=C1/C=C\C=C/N/C=C\1CC(C)C. The summed E-state index contributed by atoms with van der Waals surface area (Å²) in [5.41, 5.74) is 2.39. The lowest BCUT2D eigenvalue weighted by Gasteiger charge is -2.11. The molecule has 0 amide bonds. The first-order valence-electron chi connectivity index (χ1n) is 4.67. The zero-order chi connectivity index (χ0) is 9.68. The number of allylic oxidation sites excluding steroid dienone is 5. The molecule has 70 valence electrons. The van der Waals surface area contributed by atoms with Crippen LogP contribution in [-0.4, -0.2) is 0 Å². The number of rotatable bonds is 2. The normalized spacial score (nSPS) is 25.5. The highest BCUT2D eigenvalue weighted by atomic mass is 14.8. The van der Waals surface area contributed by atoms with Gasteiger partial charge in [-0.3, -0.25) is 0 Å². The molecule has 1 heterocycles. The van der Waals surface area contributed by atoms with Crippen LogP contribution in [-0.2, 0) is 0 Å². The minimum absolute atomic E-state index is 0.668. The fourth-order valence-electron chi connectivity index (χ4n) is 1.26. The van der Waals surface area contributed by atoms with E-state index < -0.39 is 0 Å². The molecule has 0 radical (unpaired) electrons. The first-order chi connectivity index (χ1) is 6.20. The topological polar surface area (TPSA) is 12.0 Å². The van der Waals surface area contributed by atoms with Crippen LogP contribution in [0, 0.1) is 5.92 Å². The monoisotopic (exact) mass is 175 g/mol. The molecular formula is C12H17N. The van der Waals surface area contributed by atoms with E-state index in [1.54, 1.807) is 0 Å². The number of nitrogens with one attached hydrogen (secondary N) is 1. The Balaban J connectivity index is 2.74. The van der Waals surface area contributed by atoms with Gasteiger partial charge in [-0.15, -0.1) is 0 Å². The van der Waals surface area contributed by atoms with Crippen molar-refractivity contribution >= 4 is 0 Å². The Morgan fingerprint density at radius 2 is 2.15 bits per heavy atom. The molecular weight excluding hydrogens is 158 g/mol. The van der Waals surface area contributed by atoms with Gasteiger partial charge in [0.05, 0.1) is 0 Å². The first kappa shape index (κ1) is 9.85. The molecule has 1 aliphatic rings. The zero-order valence-corrected chi connectivity index (χ0v) is 8.38. The van der Waals surface area contributed by atoms with E-state index in [9.17, 15) is 0 Å². The van der Waals surface area contributed by atoms with Crippen LogP contribution < -0.4 is 5.32 Å². The summed E-state index contributed by atoms with van der Waals surface area (Å²) in [5, 5.41) is 3.12. The van der Waals surface area contributed by atoms with E-state index in [4.69, 9.17) is 0 Å². The van der Waals surface area contributed by atoms with Gasteiger partial charge in [0.25, 0.3) is 0 Å². The van der Waals surface area contributed by atoms with Gasteiger partial charge < -0.3 is 5.32 Å². The van der Waals surface area contributed by atoms with E-state index in [1.807, 2.05) is 30.6 Å². The minimum Gasteiger partial charge on any atom is -0.367 e. The van der Waals surface area contributed by atoms with Crippen molar-refractivity contribution in [3.8, 4) is 0 Å². The Hall–Kier alpha value is -1.24. The van der Waals surface area contributed by atoms with Crippen LogP contribution in [0.3, 0.4) is 0 Å². The van der Waals surface area contributed by atoms with E-state index >= 15 is 0 Å². The molecule has 0 fully saturated rings. The molecule has 0 saturated carbocycles. The lowest BCUT2D eigenvalue weighted by molar-refractivity contribution is 0.645. The molecule has 0 aromatic rings. The third-order valence-electron chi connectivity index (χ3n) is 1.90. The van der Waals surface area contributed by atoms with E-state index in [-0.39, 0.29) is 0 Å². The van der Waals surface area contributed by atoms with Gasteiger partial charge in [-0.2, -0.15) is 0 Å². The second kappa shape index (κ2) is 4.70. The molecule has 0 atom stereocenters. The van der Waals surface area contributed by atoms with Crippen LogP contribution in [0.2, 0.25) is 0 Å². The fourth-order valence-corrected chi connectivity index (χ4v) is 1.26. The highest BCUT2D eigenvalue weighted by molar-refractivity contribution is 5.39. The van der Waals surface area contributed by atoms with Crippen LogP contribution in [0.5, 0.6) is 0 Å². The lowest BCUT2D eigenvalue weighted by Crippen LogP contribution is -2.01. The van der Waals surface area contributed by atoms with E-state index in [1.165, 1.54) is 5.57 Å². The van der Waals surface area contributed by atoms with E-state index in [0.717, 1.165) is 12.0 Å². The fraction of sp³-hybridized carbons (Fsp3) is 0.333. The van der Waals surface area contributed by atoms with Gasteiger partial charge in [0.2, 0.25) is 0 Å². The maximum Gasteiger partial charge on any atom is 0.00426 e. The molecule has 0 spiro atoms. The smallest absolute Gasteiger partial charge is 0.00426 e. The van der Waals surface area contributed by atoms with Gasteiger partial charge in [-0.25, -0.2) is 0 Å². The summed E-state index contributed by atoms with van der Waals surface area (Å²) in [6.07, 6.45) is 11.0. The maximum atomic E-state index is 4.02. The largest absolute Gasteiger partial charge is 0.367 e. The van der Waals surface area contributed by atoms with Gasteiger partial charge in [0.1, 0.15) is 0 Å². The van der Waals surface area contributed by atoms with Gasteiger partial charge in [0, 0.05) is 12.4 Å². The van der Waals surface area contributed by atoms with Gasteiger partial charge in [-0.1, -0.05) is 32.6 Å². The molecule has 0 unspecified atom stereocenters. The molecule has 0 bridgehead atoms. The number of hydrogen-bond donors (Lipinski definition) is 1. The van der Waals surface area contributed by atoms with Crippen LogP contribution >= 0.6 is 0 Å². The van der Waals surface area contributed by atoms with Crippen molar-refractivity contribution in [1.82, 2.24) is 5.32 Å². The Kier molecular flexibility index (Phi) is 3.56. The Labute approximate surface area is 80.5 Å². The van der Waals surface area contributed by atoms with Gasteiger partial charge in [-0.05, 0) is 29.6 Å². The van der Waals surface area contributed by atoms with Crippen molar-refractivity contribution < 1.29 is 0 Å². The first-order valence-corrected chi connectivity index (χ1v) is 4.67. The highest BCUT2D eigenvalue weighted by Crippen LogP contribution is 2.18. The molecule has 0 aromatic heterocycles. The maximum absolute atomic E-state index is 4.02. The Morgan fingerprint density at radius 3 is 2.85 bits per heavy atom. The lowest BCUT2D eigenvalue weighted by atomic mass is 9.97.